The van der Waals surface area contributed by atoms with E-state index in [0.717, 1.165) is 11.1 Å². The van der Waals surface area contributed by atoms with Gasteiger partial charge in [0, 0.05) is 35.3 Å². The minimum Gasteiger partial charge on any atom is -0.496 e. The molecule has 1 unspecified atom stereocenters. The van der Waals surface area contributed by atoms with Gasteiger partial charge in [0.2, 0.25) is 0 Å². The van der Waals surface area contributed by atoms with Crippen molar-refractivity contribution in [2.75, 3.05) is 25.6 Å². The number of aryl methyl sites for hydroxylation is 1. The molecule has 0 saturated heterocycles. The first-order valence-corrected chi connectivity index (χ1v) is 11.2. The molecule has 2 heterocycles. The Kier molecular flexibility index (Phi) is 6.86. The summed E-state index contributed by atoms with van der Waals surface area (Å²) < 4.78 is 27.6. The van der Waals surface area contributed by atoms with E-state index in [-0.39, 0.29) is 23.2 Å². The maximum Gasteiger partial charge on any atom is 0.339 e. The molecular formula is C26H27FN4O4. The lowest BCUT2D eigenvalue weighted by atomic mass is 10.1. The molecule has 182 valence electrons. The molecule has 2 aromatic carbocycles. The molecule has 4 rings (SSSR count). The Morgan fingerprint density at radius 1 is 1.17 bits per heavy atom. The summed E-state index contributed by atoms with van der Waals surface area (Å²) in [5.74, 6) is 0.144. The maximum absolute atomic E-state index is 14.7. The van der Waals surface area contributed by atoms with Crippen LogP contribution in [0.3, 0.4) is 0 Å². The number of nitrogens with zero attached hydrogens (tertiary/aromatic N) is 3. The molecule has 2 N–H and O–H groups in total. The molecule has 0 aliphatic heterocycles. The van der Waals surface area contributed by atoms with Crippen molar-refractivity contribution in [3.8, 4) is 22.8 Å². The zero-order valence-corrected chi connectivity index (χ0v) is 20.0. The summed E-state index contributed by atoms with van der Waals surface area (Å²) in [6.07, 6.45) is 1.44. The third-order valence-corrected chi connectivity index (χ3v) is 5.82. The molecule has 0 spiro atoms. The lowest BCUT2D eigenvalue weighted by Gasteiger charge is -2.19. The fraction of sp³-hybridized carbons (Fsp3) is 0.269. The Morgan fingerprint density at radius 2 is 1.97 bits per heavy atom. The number of carboxylic acid groups (broad SMARTS) is 1. The van der Waals surface area contributed by atoms with Crippen molar-refractivity contribution < 1.29 is 23.8 Å². The number of carboxylic acids is 1. The Morgan fingerprint density at radius 3 is 2.69 bits per heavy atom. The van der Waals surface area contributed by atoms with E-state index >= 15 is 0 Å². The molecule has 2 aromatic heterocycles. The first-order chi connectivity index (χ1) is 16.8. The van der Waals surface area contributed by atoms with Gasteiger partial charge < -0.3 is 24.5 Å². The molecule has 0 bridgehead atoms. The van der Waals surface area contributed by atoms with E-state index in [4.69, 9.17) is 9.47 Å². The number of anilines is 1. The van der Waals surface area contributed by atoms with Gasteiger partial charge in [-0.05, 0) is 51.1 Å². The molecule has 0 aliphatic rings. The van der Waals surface area contributed by atoms with Gasteiger partial charge in [0.05, 0.1) is 24.9 Å². The predicted octanol–water partition coefficient (Wildman–Crippen LogP) is 5.32. The summed E-state index contributed by atoms with van der Waals surface area (Å²) >= 11 is 0. The third kappa shape index (κ3) is 4.75. The van der Waals surface area contributed by atoms with Crippen LogP contribution in [-0.2, 0) is 0 Å². The van der Waals surface area contributed by atoms with E-state index in [1.165, 1.54) is 18.5 Å². The molecule has 9 heteroatoms. The van der Waals surface area contributed by atoms with Crippen LogP contribution in [0.2, 0.25) is 0 Å². The van der Waals surface area contributed by atoms with Gasteiger partial charge in [-0.2, -0.15) is 0 Å². The van der Waals surface area contributed by atoms with Gasteiger partial charge in [0.1, 0.15) is 35.0 Å². The third-order valence-electron chi connectivity index (χ3n) is 5.82. The number of nitrogens with one attached hydrogen (secondary N) is 1. The van der Waals surface area contributed by atoms with Crippen LogP contribution in [0.5, 0.6) is 11.5 Å². The van der Waals surface area contributed by atoms with Gasteiger partial charge in [0.15, 0.2) is 0 Å². The minimum absolute atomic E-state index is 0.0908. The van der Waals surface area contributed by atoms with Crippen LogP contribution in [0.1, 0.15) is 35.9 Å². The van der Waals surface area contributed by atoms with Crippen LogP contribution in [0, 0.1) is 12.7 Å². The van der Waals surface area contributed by atoms with Crippen molar-refractivity contribution in [1.82, 2.24) is 14.5 Å². The van der Waals surface area contributed by atoms with Gasteiger partial charge in [-0.25, -0.2) is 19.2 Å². The Bertz CT molecular complexity index is 1390. The summed E-state index contributed by atoms with van der Waals surface area (Å²) in [5.41, 5.74) is 2.84. The average molecular weight is 479 g/mol. The number of fused-ring (bicyclic) bond motifs is 1. The number of rotatable bonds is 9. The van der Waals surface area contributed by atoms with Crippen molar-refractivity contribution in [2.24, 2.45) is 0 Å². The van der Waals surface area contributed by atoms with Gasteiger partial charge in [-0.3, -0.25) is 0 Å². The van der Waals surface area contributed by atoms with E-state index in [9.17, 15) is 14.3 Å². The number of aromatic carboxylic acids is 1. The van der Waals surface area contributed by atoms with Crippen LogP contribution in [0.15, 0.2) is 48.8 Å². The highest BCUT2D eigenvalue weighted by Gasteiger charge is 2.18. The largest absolute Gasteiger partial charge is 0.496 e. The highest BCUT2D eigenvalue weighted by atomic mass is 19.1. The number of hydrogen-bond donors (Lipinski definition) is 2. The quantitative estimate of drug-likeness (QED) is 0.336. The summed E-state index contributed by atoms with van der Waals surface area (Å²) in [6, 6.07) is 11.5. The monoisotopic (exact) mass is 478 g/mol. The van der Waals surface area contributed by atoms with E-state index in [1.807, 2.05) is 24.5 Å². The van der Waals surface area contributed by atoms with Crippen LogP contribution < -0.4 is 14.8 Å². The van der Waals surface area contributed by atoms with E-state index in [1.54, 1.807) is 38.3 Å². The fourth-order valence-corrected chi connectivity index (χ4v) is 4.24. The lowest BCUT2D eigenvalue weighted by molar-refractivity contribution is 0.0692. The topological polar surface area (TPSA) is 98.5 Å². The molecule has 4 aromatic rings. The number of halogens is 1. The van der Waals surface area contributed by atoms with Crippen molar-refractivity contribution in [1.29, 1.82) is 0 Å². The second kappa shape index (κ2) is 10.0. The number of aromatic nitrogens is 3. The first kappa shape index (κ1) is 24.0. The number of carbonyl (C=O) groups is 1. The molecule has 0 amide bonds. The molecule has 35 heavy (non-hydrogen) atoms. The van der Waals surface area contributed by atoms with Crippen molar-refractivity contribution in [3.05, 3.63) is 65.9 Å². The molecule has 0 saturated carbocycles. The molecule has 0 fully saturated rings. The number of benzene rings is 2. The lowest BCUT2D eigenvalue weighted by Crippen LogP contribution is -2.18. The minimum atomic E-state index is -1.05. The van der Waals surface area contributed by atoms with Crippen LogP contribution in [-0.4, -0.2) is 45.9 Å². The fourth-order valence-electron chi connectivity index (χ4n) is 4.24. The Balaban J connectivity index is 1.57. The van der Waals surface area contributed by atoms with E-state index in [2.05, 4.69) is 15.3 Å². The zero-order chi connectivity index (χ0) is 25.1. The molecule has 0 radical (unpaired) electrons. The molecule has 1 atom stereocenters. The molecule has 8 nitrogen and oxygen atoms in total. The first-order valence-electron chi connectivity index (χ1n) is 11.2. The van der Waals surface area contributed by atoms with E-state index < -0.39 is 5.97 Å². The zero-order valence-electron chi connectivity index (χ0n) is 20.0. The average Bonchev–Trinajstić information content (AvgIpc) is 3.21. The Hall–Kier alpha value is -4.14. The van der Waals surface area contributed by atoms with Gasteiger partial charge in [0.25, 0.3) is 0 Å². The van der Waals surface area contributed by atoms with Crippen LogP contribution in [0.25, 0.3) is 22.2 Å². The summed E-state index contributed by atoms with van der Waals surface area (Å²) in [6.45, 7) is 6.57. The number of hydrogen-bond acceptors (Lipinski definition) is 6. The molecular weight excluding hydrogens is 451 g/mol. The van der Waals surface area contributed by atoms with Crippen molar-refractivity contribution in [2.45, 2.75) is 26.8 Å². The van der Waals surface area contributed by atoms with Crippen LogP contribution >= 0.6 is 0 Å². The SMILES string of the molecule is CCOc1cc(-c2cc(NCC(C)n3c(C)cc4c(OC)ccc(F)c43)ncn2)ccc1C(=O)O. The number of ether oxygens (including phenoxy) is 2. The standard InChI is InChI=1S/C26H27FN4O4/c1-5-35-23-11-17(6-7-18(23)26(32)33)21-12-24(30-14-29-21)28-13-16(3)31-15(2)10-19-22(34-4)9-8-20(27)25(19)31/h6-12,14,16H,5,13H2,1-4H3,(H,32,33)(H,28,29,30). The highest BCUT2D eigenvalue weighted by molar-refractivity contribution is 5.92. The summed E-state index contributed by atoms with van der Waals surface area (Å²) in [4.78, 5) is 20.1. The smallest absolute Gasteiger partial charge is 0.339 e. The van der Waals surface area contributed by atoms with Crippen molar-refractivity contribution >= 4 is 22.7 Å². The second-order valence-corrected chi connectivity index (χ2v) is 8.14. The van der Waals surface area contributed by atoms with Gasteiger partial charge in [-0.1, -0.05) is 6.07 Å². The Labute approximate surface area is 202 Å². The van der Waals surface area contributed by atoms with Crippen molar-refractivity contribution in [3.63, 3.8) is 0 Å². The second-order valence-electron chi connectivity index (χ2n) is 8.14. The van der Waals surface area contributed by atoms with E-state index in [0.29, 0.717) is 41.5 Å². The summed E-state index contributed by atoms with van der Waals surface area (Å²) in [7, 11) is 1.57. The summed E-state index contributed by atoms with van der Waals surface area (Å²) in [5, 5.41) is 13.4. The maximum atomic E-state index is 14.7. The van der Waals surface area contributed by atoms with Crippen LogP contribution in [0.4, 0.5) is 10.2 Å². The number of methoxy groups -OCH3 is 1. The van der Waals surface area contributed by atoms with Gasteiger partial charge >= 0.3 is 5.97 Å². The predicted molar refractivity (Wildman–Crippen MR) is 132 cm³/mol. The normalized spacial score (nSPS) is 11.9. The highest BCUT2D eigenvalue weighted by Crippen LogP contribution is 2.33. The van der Waals surface area contributed by atoms with Gasteiger partial charge in [-0.15, -0.1) is 0 Å². The molecule has 0 aliphatic carbocycles.